The molecule has 0 N–H and O–H groups in total. The predicted octanol–water partition coefficient (Wildman–Crippen LogP) is 6.96. The number of rotatable bonds is 6. The van der Waals surface area contributed by atoms with Gasteiger partial charge in [-0.25, -0.2) is 0 Å². The van der Waals surface area contributed by atoms with Crippen molar-refractivity contribution in [1.29, 1.82) is 0 Å². The van der Waals surface area contributed by atoms with E-state index < -0.39 is 0 Å². The van der Waals surface area contributed by atoms with Crippen LogP contribution < -0.4 is 0 Å². The fourth-order valence-corrected chi connectivity index (χ4v) is 3.81. The molecule has 0 aromatic rings. The summed E-state index contributed by atoms with van der Waals surface area (Å²) >= 11 is 0. The standard InChI is InChI=1S/2C12H20O/c1-8-9(2)11-6-4-5-7-12(11)13-10(8)3;1-4-11(2)12(3)9-7-5-6-8-10-13/h10-12H,4-7H2,1-3H3;4,9-10H,5-8H2,1-3H3/b;11-4+,12-9+/t10-,11+,12+;/m0./s1. The summed E-state index contributed by atoms with van der Waals surface area (Å²) in [5.41, 5.74) is 5.79. The molecule has 0 saturated heterocycles. The molecule has 2 nitrogen and oxygen atoms in total. The Labute approximate surface area is 161 Å². The van der Waals surface area contributed by atoms with Crippen molar-refractivity contribution >= 4 is 6.29 Å². The minimum absolute atomic E-state index is 0.361. The largest absolute Gasteiger partial charge is 0.370 e. The highest BCUT2D eigenvalue weighted by molar-refractivity contribution is 5.48. The van der Waals surface area contributed by atoms with Gasteiger partial charge in [-0.15, -0.1) is 0 Å². The van der Waals surface area contributed by atoms with Gasteiger partial charge in [0.2, 0.25) is 0 Å². The maximum Gasteiger partial charge on any atom is 0.119 e. The number of allylic oxidation sites excluding steroid dienone is 4. The highest BCUT2D eigenvalue weighted by Gasteiger charge is 2.33. The monoisotopic (exact) mass is 360 g/mol. The Balaban J connectivity index is 0.000000260. The van der Waals surface area contributed by atoms with E-state index in [2.05, 4.69) is 53.7 Å². The van der Waals surface area contributed by atoms with Crippen molar-refractivity contribution in [3.8, 4) is 0 Å². The van der Waals surface area contributed by atoms with Gasteiger partial charge in [-0.3, -0.25) is 0 Å². The van der Waals surface area contributed by atoms with Gasteiger partial charge in [-0.2, -0.15) is 0 Å². The van der Waals surface area contributed by atoms with E-state index in [-0.39, 0.29) is 0 Å². The summed E-state index contributed by atoms with van der Waals surface area (Å²) < 4.78 is 6.02. The number of hydrogen-bond donors (Lipinski definition) is 0. The molecule has 0 radical (unpaired) electrons. The Hall–Kier alpha value is -1.15. The Morgan fingerprint density at radius 1 is 1.04 bits per heavy atom. The normalized spacial score (nSPS) is 26.8. The first-order valence-corrected chi connectivity index (χ1v) is 10.5. The van der Waals surface area contributed by atoms with E-state index in [0.29, 0.717) is 18.6 Å². The summed E-state index contributed by atoms with van der Waals surface area (Å²) in [4.78, 5) is 10.0. The number of aldehydes is 1. The molecule has 2 rings (SSSR count). The zero-order chi connectivity index (χ0) is 19.5. The van der Waals surface area contributed by atoms with Crippen LogP contribution in [0, 0.1) is 5.92 Å². The lowest BCUT2D eigenvalue weighted by molar-refractivity contribution is -0.107. The molecule has 1 fully saturated rings. The van der Waals surface area contributed by atoms with Crippen LogP contribution >= 0.6 is 0 Å². The molecule has 1 heterocycles. The average molecular weight is 361 g/mol. The molecule has 26 heavy (non-hydrogen) atoms. The summed E-state index contributed by atoms with van der Waals surface area (Å²) in [6.07, 6.45) is 15.6. The molecule has 148 valence electrons. The first-order valence-electron chi connectivity index (χ1n) is 10.5. The molecule has 2 aliphatic rings. The molecule has 0 unspecified atom stereocenters. The number of carbonyl (C=O) groups excluding carboxylic acids is 1. The Kier molecular flexibility index (Phi) is 10.8. The van der Waals surface area contributed by atoms with Crippen LogP contribution in [0.15, 0.2) is 34.4 Å². The van der Waals surface area contributed by atoms with Crippen LogP contribution in [0.2, 0.25) is 0 Å². The van der Waals surface area contributed by atoms with Crippen molar-refractivity contribution in [2.24, 2.45) is 5.92 Å². The van der Waals surface area contributed by atoms with Crippen molar-refractivity contribution in [2.75, 3.05) is 0 Å². The third-order valence-electron chi connectivity index (χ3n) is 6.15. The average Bonchev–Trinajstić information content (AvgIpc) is 2.65. The number of unbranched alkanes of at least 4 members (excludes halogenated alkanes) is 3. The first-order chi connectivity index (χ1) is 12.4. The van der Waals surface area contributed by atoms with Gasteiger partial charge in [0.1, 0.15) is 6.29 Å². The van der Waals surface area contributed by atoms with Gasteiger partial charge in [0, 0.05) is 12.3 Å². The lowest BCUT2D eigenvalue weighted by atomic mass is 9.78. The molecule has 0 aromatic heterocycles. The van der Waals surface area contributed by atoms with Crippen molar-refractivity contribution in [1.82, 2.24) is 0 Å². The molecule has 0 spiro atoms. The molecular weight excluding hydrogens is 320 g/mol. The minimum atomic E-state index is 0.361. The van der Waals surface area contributed by atoms with Crippen LogP contribution in [-0.2, 0) is 9.53 Å². The molecule has 0 bridgehead atoms. The summed E-state index contributed by atoms with van der Waals surface area (Å²) in [6, 6.07) is 0. The van der Waals surface area contributed by atoms with Crippen LogP contribution in [0.25, 0.3) is 0 Å². The zero-order valence-electron chi connectivity index (χ0n) is 17.9. The lowest BCUT2D eigenvalue weighted by Crippen LogP contribution is -2.37. The highest BCUT2D eigenvalue weighted by atomic mass is 16.5. The second-order valence-electron chi connectivity index (χ2n) is 7.88. The van der Waals surface area contributed by atoms with E-state index >= 15 is 0 Å². The number of fused-ring (bicyclic) bond motifs is 1. The number of carbonyl (C=O) groups is 1. The third-order valence-corrected chi connectivity index (χ3v) is 6.15. The molecule has 1 aliphatic heterocycles. The zero-order valence-corrected chi connectivity index (χ0v) is 17.9. The maximum absolute atomic E-state index is 10.0. The van der Waals surface area contributed by atoms with Crippen molar-refractivity contribution in [3.63, 3.8) is 0 Å². The first kappa shape index (κ1) is 22.9. The van der Waals surface area contributed by atoms with Gasteiger partial charge in [0.05, 0.1) is 12.2 Å². The maximum atomic E-state index is 10.0. The molecule has 1 saturated carbocycles. The van der Waals surface area contributed by atoms with Gasteiger partial charge < -0.3 is 9.53 Å². The molecule has 3 atom stereocenters. The Morgan fingerprint density at radius 2 is 1.69 bits per heavy atom. The summed E-state index contributed by atoms with van der Waals surface area (Å²) in [7, 11) is 0. The number of ether oxygens (including phenoxy) is 1. The predicted molar refractivity (Wildman–Crippen MR) is 112 cm³/mol. The van der Waals surface area contributed by atoms with E-state index in [1.807, 2.05) is 0 Å². The molecule has 0 amide bonds. The van der Waals surface area contributed by atoms with E-state index in [4.69, 9.17) is 4.74 Å². The summed E-state index contributed by atoms with van der Waals surface area (Å²) in [5, 5.41) is 0. The van der Waals surface area contributed by atoms with Crippen molar-refractivity contribution < 1.29 is 9.53 Å². The second-order valence-corrected chi connectivity index (χ2v) is 7.88. The smallest absolute Gasteiger partial charge is 0.119 e. The molecular formula is C24H40O2. The summed E-state index contributed by atoms with van der Waals surface area (Å²) in [5.74, 6) is 0.741. The van der Waals surface area contributed by atoms with Crippen LogP contribution in [-0.4, -0.2) is 18.5 Å². The van der Waals surface area contributed by atoms with Gasteiger partial charge in [0.15, 0.2) is 0 Å². The SMILES string of the molecule is C/C=C(C)/C(C)=C/CCCCC=O.CC1=C(C)[C@H]2CCCC[C@H]2O[C@H]1C. The van der Waals surface area contributed by atoms with E-state index in [0.717, 1.165) is 31.5 Å². The van der Waals surface area contributed by atoms with Gasteiger partial charge >= 0.3 is 0 Å². The summed E-state index contributed by atoms with van der Waals surface area (Å²) in [6.45, 7) is 13.0. The Morgan fingerprint density at radius 3 is 2.35 bits per heavy atom. The van der Waals surface area contributed by atoms with Crippen molar-refractivity contribution in [2.45, 2.75) is 105 Å². The molecule has 1 aliphatic carbocycles. The molecule has 0 aromatic carbocycles. The van der Waals surface area contributed by atoms with Crippen LogP contribution in [0.5, 0.6) is 0 Å². The van der Waals surface area contributed by atoms with E-state index in [1.54, 1.807) is 5.57 Å². The second kappa shape index (κ2) is 12.3. The van der Waals surface area contributed by atoms with Gasteiger partial charge in [-0.1, -0.05) is 41.7 Å². The molecule has 2 heteroatoms. The quantitative estimate of drug-likeness (QED) is 0.221. The minimum Gasteiger partial charge on any atom is -0.370 e. The number of hydrogen-bond acceptors (Lipinski definition) is 2. The third kappa shape index (κ3) is 7.23. The van der Waals surface area contributed by atoms with Gasteiger partial charge in [-0.05, 0) is 79.2 Å². The highest BCUT2D eigenvalue weighted by Crippen LogP contribution is 2.38. The van der Waals surface area contributed by atoms with Gasteiger partial charge in [0.25, 0.3) is 0 Å². The Bertz CT molecular complexity index is 524. The van der Waals surface area contributed by atoms with E-state index in [9.17, 15) is 4.79 Å². The fourth-order valence-electron chi connectivity index (χ4n) is 3.81. The van der Waals surface area contributed by atoms with Crippen LogP contribution in [0.4, 0.5) is 0 Å². The fraction of sp³-hybridized carbons (Fsp3) is 0.708. The van der Waals surface area contributed by atoms with Crippen molar-refractivity contribution in [3.05, 3.63) is 34.4 Å². The van der Waals surface area contributed by atoms with E-state index in [1.165, 1.54) is 42.4 Å². The topological polar surface area (TPSA) is 26.3 Å². The van der Waals surface area contributed by atoms with Crippen LogP contribution in [0.1, 0.15) is 92.9 Å². The lowest BCUT2D eigenvalue weighted by Gasteiger charge is -2.40. The van der Waals surface area contributed by atoms with Crippen LogP contribution in [0.3, 0.4) is 0 Å².